The van der Waals surface area contributed by atoms with E-state index in [-0.39, 0.29) is 16.7 Å². The van der Waals surface area contributed by atoms with Gasteiger partial charge >= 0.3 is 0 Å². The van der Waals surface area contributed by atoms with E-state index in [2.05, 4.69) is 15.3 Å². The molecule has 0 aliphatic carbocycles. The van der Waals surface area contributed by atoms with Gasteiger partial charge in [0.25, 0.3) is 5.56 Å². The average molecular weight is 394 g/mol. The first-order chi connectivity index (χ1) is 13.5. The smallest absolute Gasteiger partial charge is 0.255 e. The fraction of sp³-hybridized carbons (Fsp3) is 0.227. The molecule has 2 N–H and O–H groups in total. The Bertz CT molecular complexity index is 988. The van der Waals surface area contributed by atoms with Crippen molar-refractivity contribution in [3.8, 4) is 0 Å². The molecule has 2 aromatic carbocycles. The zero-order valence-corrected chi connectivity index (χ0v) is 16.8. The number of amides is 1. The topological polar surface area (TPSA) is 74.8 Å². The van der Waals surface area contributed by atoms with E-state index in [1.807, 2.05) is 67.6 Å². The molecule has 0 saturated heterocycles. The zero-order valence-electron chi connectivity index (χ0n) is 15.9. The predicted octanol–water partition coefficient (Wildman–Crippen LogP) is 3.47. The average Bonchev–Trinajstić information content (AvgIpc) is 2.70. The van der Waals surface area contributed by atoms with Crippen LogP contribution in [0.5, 0.6) is 0 Å². The third kappa shape index (κ3) is 5.33. The first kappa shape index (κ1) is 19.9. The van der Waals surface area contributed by atoms with E-state index in [0.717, 1.165) is 11.1 Å². The standard InChI is InChI=1S/C22H23N3O2S/c1-15-19(13-17-9-5-3-6-10-17)21(27)25-22(24-15)28-16(2)20(26)23-14-18-11-7-4-8-12-18/h3-12,16H,13-14H2,1-2H3,(H,23,26)(H,24,25,27). The number of aromatic amines is 1. The van der Waals surface area contributed by atoms with Crippen LogP contribution in [-0.4, -0.2) is 21.1 Å². The van der Waals surface area contributed by atoms with Gasteiger partial charge in [-0.25, -0.2) is 4.98 Å². The highest BCUT2D eigenvalue weighted by molar-refractivity contribution is 8.00. The monoisotopic (exact) mass is 393 g/mol. The first-order valence-corrected chi connectivity index (χ1v) is 10.0. The second-order valence-corrected chi connectivity index (χ2v) is 7.89. The Morgan fingerprint density at radius 1 is 1.07 bits per heavy atom. The summed E-state index contributed by atoms with van der Waals surface area (Å²) < 4.78 is 0. The van der Waals surface area contributed by atoms with Crippen molar-refractivity contribution in [2.45, 2.75) is 37.2 Å². The number of thioether (sulfide) groups is 1. The summed E-state index contributed by atoms with van der Waals surface area (Å²) in [6.07, 6.45) is 0.535. The van der Waals surface area contributed by atoms with Crippen molar-refractivity contribution in [3.63, 3.8) is 0 Å². The summed E-state index contributed by atoms with van der Waals surface area (Å²) in [5.41, 5.74) is 3.28. The summed E-state index contributed by atoms with van der Waals surface area (Å²) >= 11 is 1.25. The second kappa shape index (κ2) is 9.37. The maximum absolute atomic E-state index is 12.5. The molecule has 1 amide bonds. The maximum atomic E-state index is 12.5. The fourth-order valence-corrected chi connectivity index (χ4v) is 3.66. The van der Waals surface area contributed by atoms with Gasteiger partial charge in [0.1, 0.15) is 0 Å². The molecule has 1 atom stereocenters. The van der Waals surface area contributed by atoms with Gasteiger partial charge in [-0.15, -0.1) is 0 Å². The van der Waals surface area contributed by atoms with Crippen molar-refractivity contribution in [2.75, 3.05) is 0 Å². The van der Waals surface area contributed by atoms with Crippen LogP contribution in [0.15, 0.2) is 70.6 Å². The van der Waals surface area contributed by atoms with Crippen molar-refractivity contribution in [1.82, 2.24) is 15.3 Å². The molecule has 5 nitrogen and oxygen atoms in total. The molecule has 3 aromatic rings. The van der Waals surface area contributed by atoms with Crippen LogP contribution in [0.3, 0.4) is 0 Å². The van der Waals surface area contributed by atoms with Crippen LogP contribution in [0, 0.1) is 6.92 Å². The number of aromatic nitrogens is 2. The van der Waals surface area contributed by atoms with Crippen molar-refractivity contribution < 1.29 is 4.79 Å². The number of hydrogen-bond donors (Lipinski definition) is 2. The summed E-state index contributed by atoms with van der Waals surface area (Å²) in [6.45, 7) is 4.11. The molecule has 28 heavy (non-hydrogen) atoms. The van der Waals surface area contributed by atoms with Gasteiger partial charge in [-0.1, -0.05) is 72.4 Å². The van der Waals surface area contributed by atoms with Gasteiger partial charge in [-0.3, -0.25) is 9.59 Å². The number of rotatable bonds is 7. The van der Waals surface area contributed by atoms with Gasteiger partial charge in [0.15, 0.2) is 5.16 Å². The molecule has 1 unspecified atom stereocenters. The molecular formula is C22H23N3O2S. The molecule has 144 valence electrons. The quantitative estimate of drug-likeness (QED) is 0.476. The molecular weight excluding hydrogens is 370 g/mol. The Morgan fingerprint density at radius 3 is 2.29 bits per heavy atom. The normalized spacial score (nSPS) is 11.8. The third-order valence-corrected chi connectivity index (χ3v) is 5.38. The van der Waals surface area contributed by atoms with Crippen LogP contribution in [0.4, 0.5) is 0 Å². The number of nitrogens with zero attached hydrogens (tertiary/aromatic N) is 1. The zero-order chi connectivity index (χ0) is 19.9. The Balaban J connectivity index is 1.63. The van der Waals surface area contributed by atoms with Gasteiger partial charge in [0, 0.05) is 24.2 Å². The van der Waals surface area contributed by atoms with E-state index in [1.165, 1.54) is 11.8 Å². The van der Waals surface area contributed by atoms with Crippen LogP contribution >= 0.6 is 11.8 Å². The van der Waals surface area contributed by atoms with E-state index in [9.17, 15) is 9.59 Å². The lowest BCUT2D eigenvalue weighted by atomic mass is 10.1. The van der Waals surface area contributed by atoms with Gasteiger partial charge in [0.05, 0.1) is 5.25 Å². The highest BCUT2D eigenvalue weighted by atomic mass is 32.2. The molecule has 0 fully saturated rings. The molecule has 6 heteroatoms. The van der Waals surface area contributed by atoms with Gasteiger partial charge in [0.2, 0.25) is 5.91 Å². The molecule has 3 rings (SSSR count). The molecule has 1 heterocycles. The fourth-order valence-electron chi connectivity index (χ4n) is 2.80. The summed E-state index contributed by atoms with van der Waals surface area (Å²) in [4.78, 5) is 32.2. The maximum Gasteiger partial charge on any atom is 0.255 e. The van der Waals surface area contributed by atoms with E-state index in [0.29, 0.717) is 29.4 Å². The largest absolute Gasteiger partial charge is 0.351 e. The van der Waals surface area contributed by atoms with E-state index in [4.69, 9.17) is 0 Å². The second-order valence-electron chi connectivity index (χ2n) is 6.56. The van der Waals surface area contributed by atoms with Crippen molar-refractivity contribution in [2.24, 2.45) is 0 Å². The molecule has 0 aliphatic heterocycles. The Labute approximate surface area is 168 Å². The minimum atomic E-state index is -0.369. The highest BCUT2D eigenvalue weighted by Gasteiger charge is 2.17. The predicted molar refractivity (Wildman–Crippen MR) is 112 cm³/mol. The van der Waals surface area contributed by atoms with Crippen LogP contribution in [0.25, 0.3) is 0 Å². The number of carbonyl (C=O) groups is 1. The van der Waals surface area contributed by atoms with Gasteiger partial charge < -0.3 is 10.3 Å². The number of carbonyl (C=O) groups excluding carboxylic acids is 1. The minimum Gasteiger partial charge on any atom is -0.351 e. The van der Waals surface area contributed by atoms with E-state index >= 15 is 0 Å². The number of H-pyrrole nitrogens is 1. The molecule has 1 aromatic heterocycles. The molecule has 0 bridgehead atoms. The third-order valence-electron chi connectivity index (χ3n) is 4.39. The lowest BCUT2D eigenvalue weighted by molar-refractivity contribution is -0.120. The first-order valence-electron chi connectivity index (χ1n) is 9.15. The van der Waals surface area contributed by atoms with Crippen LogP contribution in [0.2, 0.25) is 0 Å². The Morgan fingerprint density at radius 2 is 1.68 bits per heavy atom. The highest BCUT2D eigenvalue weighted by Crippen LogP contribution is 2.20. The van der Waals surface area contributed by atoms with Gasteiger partial charge in [-0.05, 0) is 25.0 Å². The summed E-state index contributed by atoms with van der Waals surface area (Å²) in [6, 6.07) is 19.6. The van der Waals surface area contributed by atoms with Crippen LogP contribution in [0.1, 0.15) is 29.3 Å². The van der Waals surface area contributed by atoms with Crippen molar-refractivity contribution >= 4 is 17.7 Å². The van der Waals surface area contributed by atoms with Crippen molar-refractivity contribution in [3.05, 3.63) is 93.4 Å². The molecule has 0 radical (unpaired) electrons. The molecule has 0 spiro atoms. The van der Waals surface area contributed by atoms with Crippen LogP contribution in [-0.2, 0) is 17.8 Å². The number of nitrogens with one attached hydrogen (secondary N) is 2. The number of aryl methyl sites for hydroxylation is 1. The van der Waals surface area contributed by atoms with E-state index < -0.39 is 0 Å². The van der Waals surface area contributed by atoms with Crippen LogP contribution < -0.4 is 10.9 Å². The van der Waals surface area contributed by atoms with E-state index in [1.54, 1.807) is 6.92 Å². The molecule has 0 aliphatic rings. The Kier molecular flexibility index (Phi) is 6.66. The summed E-state index contributed by atoms with van der Waals surface area (Å²) in [5, 5.41) is 3.00. The van der Waals surface area contributed by atoms with Crippen molar-refractivity contribution in [1.29, 1.82) is 0 Å². The lowest BCUT2D eigenvalue weighted by Crippen LogP contribution is -2.30. The minimum absolute atomic E-state index is 0.0949. The number of benzene rings is 2. The summed E-state index contributed by atoms with van der Waals surface area (Å²) in [7, 11) is 0. The number of hydrogen-bond acceptors (Lipinski definition) is 4. The molecule has 0 saturated carbocycles. The van der Waals surface area contributed by atoms with Gasteiger partial charge in [-0.2, -0.15) is 0 Å². The Hall–Kier alpha value is -2.86. The lowest BCUT2D eigenvalue weighted by Gasteiger charge is -2.12. The summed E-state index contributed by atoms with van der Waals surface area (Å²) in [5.74, 6) is -0.0949. The SMILES string of the molecule is Cc1nc(SC(C)C(=O)NCc2ccccc2)[nH]c(=O)c1Cc1ccccc1.